The lowest BCUT2D eigenvalue weighted by Crippen LogP contribution is -2.33. The summed E-state index contributed by atoms with van der Waals surface area (Å²) in [6, 6.07) is 8.45. The molecule has 100 valence electrons. The van der Waals surface area contributed by atoms with E-state index in [1.54, 1.807) is 23.1 Å². The number of amides is 1. The molecule has 0 radical (unpaired) electrons. The lowest BCUT2D eigenvalue weighted by molar-refractivity contribution is -0.130. The van der Waals surface area contributed by atoms with Crippen LogP contribution in [0.15, 0.2) is 24.3 Å². The third-order valence-corrected chi connectivity index (χ3v) is 2.82. The van der Waals surface area contributed by atoms with Crippen LogP contribution in [0.5, 0.6) is 0 Å². The molecule has 0 saturated carbocycles. The number of rotatable bonds is 6. The molecule has 1 rings (SSSR count). The van der Waals surface area contributed by atoms with E-state index in [0.717, 1.165) is 0 Å². The SMILES string of the molecule is CCN(CCC#N)C(=O)Cc1ccccc1C(=O)O. The average Bonchev–Trinajstić information content (AvgIpc) is 2.40. The highest BCUT2D eigenvalue weighted by Crippen LogP contribution is 2.11. The first-order chi connectivity index (χ1) is 9.10. The average molecular weight is 260 g/mol. The molecular formula is C14H16N2O3. The minimum atomic E-state index is -1.04. The molecule has 0 aromatic heterocycles. The van der Waals surface area contributed by atoms with Crippen molar-refractivity contribution >= 4 is 11.9 Å². The van der Waals surface area contributed by atoms with Gasteiger partial charge in [0.15, 0.2) is 0 Å². The van der Waals surface area contributed by atoms with Gasteiger partial charge in [0, 0.05) is 13.1 Å². The van der Waals surface area contributed by atoms with Gasteiger partial charge in [-0.15, -0.1) is 0 Å². The van der Waals surface area contributed by atoms with Crippen molar-refractivity contribution < 1.29 is 14.7 Å². The van der Waals surface area contributed by atoms with E-state index in [0.29, 0.717) is 18.7 Å². The first-order valence-corrected chi connectivity index (χ1v) is 6.06. The Bertz CT molecular complexity index is 506. The number of nitriles is 1. The van der Waals surface area contributed by atoms with Gasteiger partial charge >= 0.3 is 5.97 Å². The van der Waals surface area contributed by atoms with Crippen molar-refractivity contribution in [1.82, 2.24) is 4.90 Å². The van der Waals surface area contributed by atoms with Crippen LogP contribution in [0, 0.1) is 11.3 Å². The summed E-state index contributed by atoms with van der Waals surface area (Å²) < 4.78 is 0. The fourth-order valence-corrected chi connectivity index (χ4v) is 1.80. The van der Waals surface area contributed by atoms with Gasteiger partial charge in [-0.05, 0) is 18.6 Å². The maximum absolute atomic E-state index is 12.0. The normalized spacial score (nSPS) is 9.68. The molecule has 0 spiro atoms. The highest BCUT2D eigenvalue weighted by molar-refractivity contribution is 5.91. The zero-order chi connectivity index (χ0) is 14.3. The van der Waals surface area contributed by atoms with E-state index in [4.69, 9.17) is 10.4 Å². The summed E-state index contributed by atoms with van der Waals surface area (Å²) in [6.07, 6.45) is 0.321. The van der Waals surface area contributed by atoms with Crippen molar-refractivity contribution in [3.8, 4) is 6.07 Å². The summed E-state index contributed by atoms with van der Waals surface area (Å²) in [5.41, 5.74) is 0.641. The summed E-state index contributed by atoms with van der Waals surface area (Å²) >= 11 is 0. The highest BCUT2D eigenvalue weighted by Gasteiger charge is 2.16. The Morgan fingerprint density at radius 3 is 2.63 bits per heavy atom. The van der Waals surface area contributed by atoms with E-state index in [2.05, 4.69) is 0 Å². The van der Waals surface area contributed by atoms with Gasteiger partial charge in [0.1, 0.15) is 0 Å². The van der Waals surface area contributed by atoms with Gasteiger partial charge in [-0.3, -0.25) is 4.79 Å². The number of hydrogen-bond donors (Lipinski definition) is 1. The van der Waals surface area contributed by atoms with Crippen LogP contribution in [-0.4, -0.2) is 35.0 Å². The van der Waals surface area contributed by atoms with Gasteiger partial charge in [0.2, 0.25) is 5.91 Å². The molecule has 19 heavy (non-hydrogen) atoms. The molecule has 0 aliphatic heterocycles. The second-order valence-electron chi connectivity index (χ2n) is 4.02. The van der Waals surface area contributed by atoms with Crippen LogP contribution < -0.4 is 0 Å². The number of carboxylic acid groups (broad SMARTS) is 1. The van der Waals surface area contributed by atoms with Gasteiger partial charge in [0.05, 0.1) is 24.5 Å². The summed E-state index contributed by atoms with van der Waals surface area (Å²) in [7, 11) is 0. The van der Waals surface area contributed by atoms with Crippen LogP contribution in [0.1, 0.15) is 29.3 Å². The number of carbonyl (C=O) groups excluding carboxylic acids is 1. The van der Waals surface area contributed by atoms with Crippen molar-refractivity contribution in [1.29, 1.82) is 5.26 Å². The monoisotopic (exact) mass is 260 g/mol. The summed E-state index contributed by atoms with van der Waals surface area (Å²) in [5, 5.41) is 17.6. The fraction of sp³-hybridized carbons (Fsp3) is 0.357. The predicted molar refractivity (Wildman–Crippen MR) is 69.6 cm³/mol. The Kier molecular flexibility index (Phi) is 5.55. The molecule has 0 heterocycles. The molecule has 5 nitrogen and oxygen atoms in total. The smallest absolute Gasteiger partial charge is 0.335 e. The number of benzene rings is 1. The van der Waals surface area contributed by atoms with Crippen LogP contribution in [0.2, 0.25) is 0 Å². The zero-order valence-corrected chi connectivity index (χ0v) is 10.8. The number of aromatic carboxylic acids is 1. The van der Waals surface area contributed by atoms with Gasteiger partial charge < -0.3 is 10.0 Å². The first kappa shape index (κ1) is 14.7. The van der Waals surface area contributed by atoms with Gasteiger partial charge in [-0.2, -0.15) is 5.26 Å². The van der Waals surface area contributed by atoms with Crippen LogP contribution in [0.4, 0.5) is 0 Å². The van der Waals surface area contributed by atoms with Crippen LogP contribution >= 0.6 is 0 Å². The maximum Gasteiger partial charge on any atom is 0.335 e. The van der Waals surface area contributed by atoms with Crippen LogP contribution in [0.25, 0.3) is 0 Å². The number of carbonyl (C=O) groups is 2. The Labute approximate surface area is 112 Å². The van der Waals surface area contributed by atoms with Crippen molar-refractivity contribution in [2.75, 3.05) is 13.1 Å². The topological polar surface area (TPSA) is 81.4 Å². The Hall–Kier alpha value is -2.35. The lowest BCUT2D eigenvalue weighted by atomic mass is 10.0. The number of likely N-dealkylation sites (N-methyl/N-ethyl adjacent to an activating group) is 1. The van der Waals surface area contributed by atoms with E-state index >= 15 is 0 Å². The summed E-state index contributed by atoms with van der Waals surface area (Å²) in [4.78, 5) is 24.7. The molecule has 0 atom stereocenters. The molecule has 1 aromatic carbocycles. The molecule has 5 heteroatoms. The minimum Gasteiger partial charge on any atom is -0.478 e. The Balaban J connectivity index is 2.81. The molecule has 0 unspecified atom stereocenters. The van der Waals surface area contributed by atoms with Crippen LogP contribution in [0.3, 0.4) is 0 Å². The number of hydrogen-bond acceptors (Lipinski definition) is 3. The van der Waals surface area contributed by atoms with E-state index < -0.39 is 5.97 Å². The predicted octanol–water partition coefficient (Wildman–Crippen LogP) is 1.69. The Morgan fingerprint density at radius 2 is 2.05 bits per heavy atom. The molecule has 0 saturated heterocycles. The molecule has 1 amide bonds. The molecule has 0 bridgehead atoms. The molecule has 1 aromatic rings. The van der Waals surface area contributed by atoms with Crippen LogP contribution in [-0.2, 0) is 11.2 Å². The molecule has 0 fully saturated rings. The summed E-state index contributed by atoms with van der Waals surface area (Å²) in [5.74, 6) is -1.20. The van der Waals surface area contributed by atoms with Gasteiger partial charge in [-0.25, -0.2) is 4.79 Å². The Morgan fingerprint density at radius 1 is 1.37 bits per heavy atom. The van der Waals surface area contributed by atoms with Gasteiger partial charge in [-0.1, -0.05) is 18.2 Å². The van der Waals surface area contributed by atoms with Crippen molar-refractivity contribution in [3.63, 3.8) is 0 Å². The fourth-order valence-electron chi connectivity index (χ4n) is 1.80. The van der Waals surface area contributed by atoms with Crippen molar-refractivity contribution in [3.05, 3.63) is 35.4 Å². The third kappa shape index (κ3) is 4.11. The molecular weight excluding hydrogens is 244 g/mol. The standard InChI is InChI=1S/C14H16N2O3/c1-2-16(9-5-8-15)13(17)10-11-6-3-4-7-12(11)14(18)19/h3-4,6-7H,2,5,9-10H2,1H3,(H,18,19). The maximum atomic E-state index is 12.0. The molecule has 0 aliphatic rings. The van der Waals surface area contributed by atoms with Crippen molar-refractivity contribution in [2.24, 2.45) is 0 Å². The second kappa shape index (κ2) is 7.17. The number of carboxylic acids is 1. The van der Waals surface area contributed by atoms with E-state index in [1.165, 1.54) is 6.07 Å². The second-order valence-corrected chi connectivity index (χ2v) is 4.02. The highest BCUT2D eigenvalue weighted by atomic mass is 16.4. The first-order valence-electron chi connectivity index (χ1n) is 6.06. The lowest BCUT2D eigenvalue weighted by Gasteiger charge is -2.19. The third-order valence-electron chi connectivity index (χ3n) is 2.82. The zero-order valence-electron chi connectivity index (χ0n) is 10.8. The van der Waals surface area contributed by atoms with E-state index in [-0.39, 0.29) is 24.3 Å². The molecule has 0 aliphatic carbocycles. The van der Waals surface area contributed by atoms with E-state index in [9.17, 15) is 9.59 Å². The van der Waals surface area contributed by atoms with Crippen molar-refractivity contribution in [2.45, 2.75) is 19.8 Å². The van der Waals surface area contributed by atoms with Gasteiger partial charge in [0.25, 0.3) is 0 Å². The number of nitrogens with zero attached hydrogens (tertiary/aromatic N) is 2. The molecule has 1 N–H and O–H groups in total. The van der Waals surface area contributed by atoms with E-state index in [1.807, 2.05) is 13.0 Å². The minimum absolute atomic E-state index is 0.0434. The summed E-state index contributed by atoms with van der Waals surface area (Å²) in [6.45, 7) is 2.72. The largest absolute Gasteiger partial charge is 0.478 e. The quantitative estimate of drug-likeness (QED) is 0.843.